The van der Waals surface area contributed by atoms with Crippen LogP contribution in [0.1, 0.15) is 11.1 Å². The Labute approximate surface area is 119 Å². The molecule has 0 aliphatic carbocycles. The molecule has 2 rings (SSSR count). The van der Waals surface area contributed by atoms with E-state index in [-0.39, 0.29) is 0 Å². The van der Waals surface area contributed by atoms with Crippen molar-refractivity contribution in [3.63, 3.8) is 0 Å². The van der Waals surface area contributed by atoms with Crippen molar-refractivity contribution in [1.82, 2.24) is 0 Å². The smallest absolute Gasteiger partial charge is 0.161 e. The lowest BCUT2D eigenvalue weighted by Crippen LogP contribution is -2.03. The minimum Gasteiger partial charge on any atom is -0.496 e. The van der Waals surface area contributed by atoms with Crippen molar-refractivity contribution in [2.24, 2.45) is 5.73 Å². The Kier molecular flexibility index (Phi) is 4.85. The molecule has 0 heterocycles. The predicted octanol–water partition coefficient (Wildman–Crippen LogP) is 2.74. The molecular formula is C16H19NO3. The maximum absolute atomic E-state index is 5.81. The quantitative estimate of drug-likeness (QED) is 0.879. The number of hydrogen-bond acceptors (Lipinski definition) is 4. The van der Waals surface area contributed by atoms with Crippen LogP contribution in [-0.2, 0) is 13.2 Å². The third-order valence-electron chi connectivity index (χ3n) is 3.03. The molecular weight excluding hydrogens is 254 g/mol. The van der Waals surface area contributed by atoms with Crippen LogP contribution in [0.3, 0.4) is 0 Å². The zero-order valence-electron chi connectivity index (χ0n) is 11.8. The average molecular weight is 273 g/mol. The molecule has 0 saturated heterocycles. The molecule has 2 aromatic carbocycles. The summed E-state index contributed by atoms with van der Waals surface area (Å²) in [5, 5.41) is 0. The fraction of sp³-hybridized carbons (Fsp3) is 0.250. The van der Waals surface area contributed by atoms with Crippen molar-refractivity contribution < 1.29 is 14.2 Å². The molecule has 106 valence electrons. The van der Waals surface area contributed by atoms with Crippen LogP contribution < -0.4 is 19.9 Å². The van der Waals surface area contributed by atoms with Gasteiger partial charge in [-0.15, -0.1) is 0 Å². The van der Waals surface area contributed by atoms with Crippen LogP contribution in [-0.4, -0.2) is 14.2 Å². The topological polar surface area (TPSA) is 53.7 Å². The summed E-state index contributed by atoms with van der Waals surface area (Å²) in [7, 11) is 3.27. The van der Waals surface area contributed by atoms with Crippen LogP contribution in [0.4, 0.5) is 0 Å². The van der Waals surface area contributed by atoms with Crippen molar-refractivity contribution >= 4 is 0 Å². The molecule has 0 fully saturated rings. The molecule has 2 aromatic rings. The second-order valence-electron chi connectivity index (χ2n) is 4.29. The number of rotatable bonds is 6. The van der Waals surface area contributed by atoms with Gasteiger partial charge >= 0.3 is 0 Å². The highest BCUT2D eigenvalue weighted by atomic mass is 16.5. The van der Waals surface area contributed by atoms with Gasteiger partial charge in [-0.1, -0.05) is 18.2 Å². The van der Waals surface area contributed by atoms with Gasteiger partial charge in [-0.05, 0) is 29.8 Å². The normalized spacial score (nSPS) is 10.2. The van der Waals surface area contributed by atoms with E-state index in [1.165, 1.54) is 0 Å². The minimum atomic E-state index is 0.400. The molecule has 0 amide bonds. The molecule has 4 heteroatoms. The van der Waals surface area contributed by atoms with E-state index < -0.39 is 0 Å². The van der Waals surface area contributed by atoms with Crippen molar-refractivity contribution in [2.75, 3.05) is 14.2 Å². The van der Waals surface area contributed by atoms with Gasteiger partial charge < -0.3 is 19.9 Å². The van der Waals surface area contributed by atoms with Crippen LogP contribution in [0.2, 0.25) is 0 Å². The van der Waals surface area contributed by atoms with Crippen LogP contribution >= 0.6 is 0 Å². The molecule has 0 saturated carbocycles. The number of ether oxygens (including phenoxy) is 3. The SMILES string of the molecule is COc1ccc(CN)cc1COc1ccccc1OC. The summed E-state index contributed by atoms with van der Waals surface area (Å²) in [5.74, 6) is 2.20. The first-order valence-electron chi connectivity index (χ1n) is 6.40. The number of methoxy groups -OCH3 is 2. The third kappa shape index (κ3) is 3.22. The zero-order valence-corrected chi connectivity index (χ0v) is 11.8. The summed E-state index contributed by atoms with van der Waals surface area (Å²) in [5.41, 5.74) is 7.67. The summed E-state index contributed by atoms with van der Waals surface area (Å²) >= 11 is 0. The lowest BCUT2D eigenvalue weighted by Gasteiger charge is -2.13. The van der Waals surface area contributed by atoms with Crippen LogP contribution in [0.15, 0.2) is 42.5 Å². The summed E-state index contributed by atoms with van der Waals surface area (Å²) in [6, 6.07) is 13.4. The minimum absolute atomic E-state index is 0.400. The van der Waals surface area contributed by atoms with Crippen LogP contribution in [0.5, 0.6) is 17.2 Å². The largest absolute Gasteiger partial charge is 0.496 e. The van der Waals surface area contributed by atoms with Gasteiger partial charge in [-0.25, -0.2) is 0 Å². The maximum atomic E-state index is 5.81. The van der Waals surface area contributed by atoms with Crippen molar-refractivity contribution in [1.29, 1.82) is 0 Å². The Balaban J connectivity index is 2.17. The highest BCUT2D eigenvalue weighted by Gasteiger charge is 2.07. The first kappa shape index (κ1) is 14.2. The monoisotopic (exact) mass is 273 g/mol. The third-order valence-corrected chi connectivity index (χ3v) is 3.03. The molecule has 0 aliphatic rings. The van der Waals surface area contributed by atoms with E-state index in [0.717, 1.165) is 16.9 Å². The molecule has 0 atom stereocenters. The van der Waals surface area contributed by atoms with E-state index in [9.17, 15) is 0 Å². The predicted molar refractivity (Wildman–Crippen MR) is 78.2 cm³/mol. The molecule has 0 aliphatic heterocycles. The lowest BCUT2D eigenvalue weighted by atomic mass is 10.1. The second-order valence-corrected chi connectivity index (χ2v) is 4.29. The second kappa shape index (κ2) is 6.82. The first-order valence-corrected chi connectivity index (χ1v) is 6.40. The molecule has 0 spiro atoms. The highest BCUT2D eigenvalue weighted by molar-refractivity contribution is 5.41. The molecule has 0 bridgehead atoms. The lowest BCUT2D eigenvalue weighted by molar-refractivity contribution is 0.278. The number of hydrogen-bond donors (Lipinski definition) is 1. The van der Waals surface area contributed by atoms with Gasteiger partial charge in [-0.2, -0.15) is 0 Å². The summed E-state index contributed by atoms with van der Waals surface area (Å²) in [6.45, 7) is 0.892. The Hall–Kier alpha value is -2.20. The Bertz CT molecular complexity index is 569. The van der Waals surface area contributed by atoms with E-state index in [4.69, 9.17) is 19.9 Å². The van der Waals surface area contributed by atoms with Crippen molar-refractivity contribution in [2.45, 2.75) is 13.2 Å². The first-order chi connectivity index (χ1) is 9.78. The summed E-state index contributed by atoms with van der Waals surface area (Å²) < 4.78 is 16.4. The van der Waals surface area contributed by atoms with Crippen molar-refractivity contribution in [3.05, 3.63) is 53.6 Å². The van der Waals surface area contributed by atoms with Gasteiger partial charge in [0, 0.05) is 12.1 Å². The van der Waals surface area contributed by atoms with Gasteiger partial charge in [0.1, 0.15) is 12.4 Å². The van der Waals surface area contributed by atoms with Gasteiger partial charge in [0.25, 0.3) is 0 Å². The molecule has 2 N–H and O–H groups in total. The van der Waals surface area contributed by atoms with Gasteiger partial charge in [0.05, 0.1) is 14.2 Å². The Morgan fingerprint density at radius 1 is 0.900 bits per heavy atom. The standard InChI is InChI=1S/C16H19NO3/c1-18-14-8-7-12(10-17)9-13(14)11-20-16-6-4-3-5-15(16)19-2/h3-9H,10-11,17H2,1-2H3. The fourth-order valence-corrected chi connectivity index (χ4v) is 1.97. The number of benzene rings is 2. The molecule has 0 unspecified atom stereocenters. The van der Waals surface area contributed by atoms with Crippen molar-refractivity contribution in [3.8, 4) is 17.2 Å². The summed E-state index contributed by atoms with van der Waals surface area (Å²) in [6.07, 6.45) is 0. The Morgan fingerprint density at radius 3 is 2.25 bits per heavy atom. The van der Waals surface area contributed by atoms with Gasteiger partial charge in [-0.3, -0.25) is 0 Å². The highest BCUT2D eigenvalue weighted by Crippen LogP contribution is 2.28. The van der Waals surface area contributed by atoms with Crippen LogP contribution in [0, 0.1) is 0 Å². The van der Waals surface area contributed by atoms with E-state index >= 15 is 0 Å². The number of para-hydroxylation sites is 2. The van der Waals surface area contributed by atoms with E-state index in [1.807, 2.05) is 42.5 Å². The van der Waals surface area contributed by atoms with Gasteiger partial charge in [0.15, 0.2) is 11.5 Å². The van der Waals surface area contributed by atoms with E-state index in [2.05, 4.69) is 0 Å². The average Bonchev–Trinajstić information content (AvgIpc) is 2.52. The summed E-state index contributed by atoms with van der Waals surface area (Å²) in [4.78, 5) is 0. The maximum Gasteiger partial charge on any atom is 0.161 e. The Morgan fingerprint density at radius 2 is 1.60 bits per heavy atom. The molecule has 20 heavy (non-hydrogen) atoms. The molecule has 4 nitrogen and oxygen atoms in total. The number of nitrogens with two attached hydrogens (primary N) is 1. The zero-order chi connectivity index (χ0) is 14.4. The molecule has 0 aromatic heterocycles. The van der Waals surface area contributed by atoms with E-state index in [0.29, 0.717) is 24.7 Å². The fourth-order valence-electron chi connectivity index (χ4n) is 1.97. The van der Waals surface area contributed by atoms with Gasteiger partial charge in [0.2, 0.25) is 0 Å². The van der Waals surface area contributed by atoms with Crippen LogP contribution in [0.25, 0.3) is 0 Å². The molecule has 0 radical (unpaired) electrons. The van der Waals surface area contributed by atoms with E-state index in [1.54, 1.807) is 14.2 Å².